The van der Waals surface area contributed by atoms with Crippen LogP contribution in [0.4, 0.5) is 5.82 Å². The Bertz CT molecular complexity index is 663. The van der Waals surface area contributed by atoms with Crippen LogP contribution in [0, 0.1) is 6.92 Å². The van der Waals surface area contributed by atoms with Crippen molar-refractivity contribution in [3.63, 3.8) is 0 Å². The quantitative estimate of drug-likeness (QED) is 0.943. The number of benzene rings is 1. The van der Waals surface area contributed by atoms with Crippen molar-refractivity contribution in [3.8, 4) is 0 Å². The van der Waals surface area contributed by atoms with E-state index in [1.165, 1.54) is 17.5 Å². The highest BCUT2D eigenvalue weighted by Crippen LogP contribution is 2.13. The zero-order valence-corrected chi connectivity index (χ0v) is 13.5. The summed E-state index contributed by atoms with van der Waals surface area (Å²) >= 11 is 0. The number of piperidine rings is 1. The van der Waals surface area contributed by atoms with Gasteiger partial charge < -0.3 is 10.2 Å². The number of carbonyl (C=O) groups is 1. The van der Waals surface area contributed by atoms with Gasteiger partial charge in [-0.1, -0.05) is 24.3 Å². The molecule has 0 bridgehead atoms. The largest absolute Gasteiger partial charge is 0.364 e. The van der Waals surface area contributed by atoms with Gasteiger partial charge in [0.25, 0.3) is 5.91 Å². The monoisotopic (exact) mass is 310 g/mol. The van der Waals surface area contributed by atoms with Gasteiger partial charge in [-0.25, -0.2) is 0 Å². The third-order valence-electron chi connectivity index (χ3n) is 4.25. The summed E-state index contributed by atoms with van der Waals surface area (Å²) in [4.78, 5) is 14.2. The number of hydrogen-bond donors (Lipinski definition) is 1. The van der Waals surface area contributed by atoms with Crippen molar-refractivity contribution in [1.82, 2.24) is 15.1 Å². The Balaban J connectivity index is 1.60. The minimum Gasteiger partial charge on any atom is -0.364 e. The number of aryl methyl sites for hydroxylation is 1. The first kappa shape index (κ1) is 15.5. The molecule has 0 spiro atoms. The summed E-state index contributed by atoms with van der Waals surface area (Å²) < 4.78 is 0. The highest BCUT2D eigenvalue weighted by molar-refractivity contribution is 5.92. The molecule has 1 saturated heterocycles. The molecule has 0 saturated carbocycles. The molecule has 5 heteroatoms. The number of rotatable bonds is 4. The van der Waals surface area contributed by atoms with Crippen molar-refractivity contribution < 1.29 is 4.79 Å². The molecule has 0 radical (unpaired) electrons. The van der Waals surface area contributed by atoms with E-state index >= 15 is 0 Å². The lowest BCUT2D eigenvalue weighted by Gasteiger charge is -2.26. The van der Waals surface area contributed by atoms with Crippen molar-refractivity contribution >= 4 is 11.7 Å². The van der Waals surface area contributed by atoms with Crippen LogP contribution < -0.4 is 5.32 Å². The summed E-state index contributed by atoms with van der Waals surface area (Å²) in [5.41, 5.74) is 2.89. The molecule has 1 fully saturated rings. The Morgan fingerprint density at radius 2 is 1.87 bits per heavy atom. The summed E-state index contributed by atoms with van der Waals surface area (Å²) in [5.74, 6) is 0.672. The Hall–Kier alpha value is -2.43. The summed E-state index contributed by atoms with van der Waals surface area (Å²) in [6.45, 7) is 4.44. The number of aromatic nitrogens is 2. The zero-order valence-electron chi connectivity index (χ0n) is 13.5. The second-order valence-corrected chi connectivity index (χ2v) is 5.94. The molecule has 120 valence electrons. The van der Waals surface area contributed by atoms with Gasteiger partial charge in [0.05, 0.1) is 0 Å². The van der Waals surface area contributed by atoms with E-state index in [9.17, 15) is 4.79 Å². The molecule has 0 atom stereocenters. The van der Waals surface area contributed by atoms with Crippen molar-refractivity contribution in [2.45, 2.75) is 32.7 Å². The minimum atomic E-state index is -0.0114. The van der Waals surface area contributed by atoms with E-state index in [0.717, 1.165) is 25.9 Å². The van der Waals surface area contributed by atoms with E-state index < -0.39 is 0 Å². The third-order valence-corrected chi connectivity index (χ3v) is 4.25. The highest BCUT2D eigenvalue weighted by Gasteiger charge is 2.19. The van der Waals surface area contributed by atoms with Crippen LogP contribution in [0.5, 0.6) is 0 Å². The van der Waals surface area contributed by atoms with Crippen molar-refractivity contribution in [2.75, 3.05) is 18.4 Å². The summed E-state index contributed by atoms with van der Waals surface area (Å²) in [6, 6.07) is 11.8. The Labute approximate surface area is 136 Å². The maximum absolute atomic E-state index is 12.3. The third kappa shape index (κ3) is 3.86. The summed E-state index contributed by atoms with van der Waals surface area (Å²) in [5, 5.41) is 11.5. The van der Waals surface area contributed by atoms with E-state index in [1.807, 2.05) is 23.1 Å². The lowest BCUT2D eigenvalue weighted by atomic mass is 10.1. The predicted molar refractivity (Wildman–Crippen MR) is 90.3 cm³/mol. The number of nitrogens with one attached hydrogen (secondary N) is 1. The number of hydrogen-bond acceptors (Lipinski definition) is 4. The Morgan fingerprint density at radius 3 is 2.57 bits per heavy atom. The summed E-state index contributed by atoms with van der Waals surface area (Å²) in [6.07, 6.45) is 3.36. The predicted octanol–water partition coefficient (Wildman–Crippen LogP) is 3.02. The van der Waals surface area contributed by atoms with Crippen molar-refractivity contribution in [1.29, 1.82) is 0 Å². The average Bonchev–Trinajstić information content (AvgIpc) is 2.62. The second-order valence-electron chi connectivity index (χ2n) is 5.94. The first-order valence-corrected chi connectivity index (χ1v) is 8.15. The van der Waals surface area contributed by atoms with Crippen molar-refractivity contribution in [3.05, 3.63) is 53.2 Å². The van der Waals surface area contributed by atoms with E-state index in [-0.39, 0.29) is 5.91 Å². The second kappa shape index (κ2) is 7.22. The maximum atomic E-state index is 12.3. The number of likely N-dealkylation sites (tertiary alicyclic amines) is 1. The molecular formula is C18H22N4O. The standard InChI is InChI=1S/C18H22N4O/c1-14-7-3-4-8-15(14)13-19-17-10-9-16(20-21-17)18(23)22-11-5-2-6-12-22/h3-4,7-10H,2,5-6,11-13H2,1H3,(H,19,21). The SMILES string of the molecule is Cc1ccccc1CNc1ccc(C(=O)N2CCCCC2)nn1. The Morgan fingerprint density at radius 1 is 1.09 bits per heavy atom. The molecular weight excluding hydrogens is 288 g/mol. The molecule has 1 amide bonds. The average molecular weight is 310 g/mol. The molecule has 5 nitrogen and oxygen atoms in total. The zero-order chi connectivity index (χ0) is 16.1. The molecule has 0 unspecified atom stereocenters. The highest BCUT2D eigenvalue weighted by atomic mass is 16.2. The number of amides is 1. The van der Waals surface area contributed by atoms with E-state index in [4.69, 9.17) is 0 Å². The summed E-state index contributed by atoms with van der Waals surface area (Å²) in [7, 11) is 0. The topological polar surface area (TPSA) is 58.1 Å². The van der Waals surface area contributed by atoms with Gasteiger partial charge in [0.1, 0.15) is 5.82 Å². The molecule has 2 heterocycles. The van der Waals surface area contributed by atoms with Gasteiger partial charge in [-0.3, -0.25) is 4.79 Å². The first-order chi connectivity index (χ1) is 11.2. The fourth-order valence-corrected chi connectivity index (χ4v) is 2.79. The number of anilines is 1. The van der Waals surface area contributed by atoms with Gasteiger partial charge in [0.15, 0.2) is 5.69 Å². The molecule has 1 aromatic heterocycles. The van der Waals surface area contributed by atoms with Crippen LogP contribution in [0.1, 0.15) is 40.9 Å². The molecule has 1 aliphatic heterocycles. The molecule has 1 aromatic carbocycles. The molecule has 0 aliphatic carbocycles. The smallest absolute Gasteiger partial charge is 0.274 e. The molecule has 3 rings (SSSR count). The molecule has 23 heavy (non-hydrogen) atoms. The minimum absolute atomic E-state index is 0.0114. The van der Waals surface area contributed by atoms with E-state index in [0.29, 0.717) is 18.1 Å². The fraction of sp³-hybridized carbons (Fsp3) is 0.389. The van der Waals surface area contributed by atoms with Crippen LogP contribution in [-0.2, 0) is 6.54 Å². The maximum Gasteiger partial charge on any atom is 0.274 e. The number of carbonyl (C=O) groups excluding carboxylic acids is 1. The van der Waals surface area contributed by atoms with Crippen molar-refractivity contribution in [2.24, 2.45) is 0 Å². The van der Waals surface area contributed by atoms with Gasteiger partial charge in [-0.2, -0.15) is 0 Å². The number of nitrogens with zero attached hydrogens (tertiary/aromatic N) is 3. The lowest BCUT2D eigenvalue weighted by molar-refractivity contribution is 0.0717. The van der Waals surface area contributed by atoms with Crippen LogP contribution >= 0.6 is 0 Å². The van der Waals surface area contributed by atoms with Gasteiger partial charge in [-0.05, 0) is 49.4 Å². The van der Waals surface area contributed by atoms with Crippen LogP contribution in [0.15, 0.2) is 36.4 Å². The first-order valence-electron chi connectivity index (χ1n) is 8.15. The van der Waals surface area contributed by atoms with Gasteiger partial charge >= 0.3 is 0 Å². The van der Waals surface area contributed by atoms with E-state index in [1.54, 1.807) is 6.07 Å². The molecule has 1 aliphatic rings. The fourth-order valence-electron chi connectivity index (χ4n) is 2.79. The van der Waals surface area contributed by atoms with E-state index in [2.05, 4.69) is 34.6 Å². The molecule has 1 N–H and O–H groups in total. The normalized spacial score (nSPS) is 14.6. The van der Waals surface area contributed by atoms with Crippen LogP contribution in [0.2, 0.25) is 0 Å². The van der Waals surface area contributed by atoms with Crippen LogP contribution in [0.25, 0.3) is 0 Å². The van der Waals surface area contributed by atoms with Crippen LogP contribution in [0.3, 0.4) is 0 Å². The Kier molecular flexibility index (Phi) is 4.86. The van der Waals surface area contributed by atoms with Crippen LogP contribution in [-0.4, -0.2) is 34.1 Å². The van der Waals surface area contributed by atoms with Gasteiger partial charge in [0.2, 0.25) is 0 Å². The molecule has 2 aromatic rings. The lowest BCUT2D eigenvalue weighted by Crippen LogP contribution is -2.36. The van der Waals surface area contributed by atoms with Gasteiger partial charge in [0, 0.05) is 19.6 Å². The van der Waals surface area contributed by atoms with Gasteiger partial charge in [-0.15, -0.1) is 10.2 Å².